The van der Waals surface area contributed by atoms with Crippen LogP contribution in [0.15, 0.2) is 0 Å². The fourth-order valence-electron chi connectivity index (χ4n) is 2.30. The topological polar surface area (TPSA) is 23.8 Å². The van der Waals surface area contributed by atoms with Crippen LogP contribution in [0.4, 0.5) is 0 Å². The van der Waals surface area contributed by atoms with E-state index >= 15 is 0 Å². The van der Waals surface area contributed by atoms with Crippen molar-refractivity contribution in [3.8, 4) is 18.4 Å². The van der Waals surface area contributed by atoms with Gasteiger partial charge in [0, 0.05) is 6.42 Å². The zero-order valence-electron chi connectivity index (χ0n) is 8.34. The summed E-state index contributed by atoms with van der Waals surface area (Å²) in [5.41, 5.74) is -0.107. The lowest BCUT2D eigenvalue weighted by Crippen LogP contribution is -2.30. The Morgan fingerprint density at radius 2 is 2.31 bits per heavy atom. The molecule has 0 bridgehead atoms. The average molecular weight is 175 g/mol. The van der Waals surface area contributed by atoms with Gasteiger partial charge in [-0.25, -0.2) is 0 Å². The molecule has 70 valence electrons. The van der Waals surface area contributed by atoms with Crippen LogP contribution in [-0.2, 0) is 0 Å². The summed E-state index contributed by atoms with van der Waals surface area (Å²) in [5, 5.41) is 9.22. The maximum Gasteiger partial charge on any atom is 0.0692 e. The second kappa shape index (κ2) is 4.33. The van der Waals surface area contributed by atoms with E-state index in [2.05, 4.69) is 18.9 Å². The molecular formula is C12H17N. The van der Waals surface area contributed by atoms with Crippen LogP contribution < -0.4 is 0 Å². The number of nitriles is 1. The highest BCUT2D eigenvalue weighted by molar-refractivity contribution is 5.05. The SMILES string of the molecule is C#CCCC1(C#N)CCCCC1C. The van der Waals surface area contributed by atoms with Gasteiger partial charge >= 0.3 is 0 Å². The summed E-state index contributed by atoms with van der Waals surface area (Å²) in [5.74, 6) is 3.17. The van der Waals surface area contributed by atoms with Gasteiger partial charge < -0.3 is 0 Å². The van der Waals surface area contributed by atoms with Gasteiger partial charge in [0.2, 0.25) is 0 Å². The molecule has 1 fully saturated rings. The molecular weight excluding hydrogens is 158 g/mol. The summed E-state index contributed by atoms with van der Waals surface area (Å²) in [4.78, 5) is 0. The van der Waals surface area contributed by atoms with Gasteiger partial charge in [0.1, 0.15) is 0 Å². The van der Waals surface area contributed by atoms with Crippen molar-refractivity contribution >= 4 is 0 Å². The molecule has 1 aliphatic carbocycles. The third-order valence-corrected chi connectivity index (χ3v) is 3.39. The van der Waals surface area contributed by atoms with Crippen molar-refractivity contribution in [2.75, 3.05) is 0 Å². The van der Waals surface area contributed by atoms with Crippen LogP contribution in [-0.4, -0.2) is 0 Å². The molecule has 1 saturated carbocycles. The van der Waals surface area contributed by atoms with Crippen molar-refractivity contribution in [2.45, 2.75) is 45.4 Å². The van der Waals surface area contributed by atoms with Gasteiger partial charge in [0.15, 0.2) is 0 Å². The number of hydrogen-bond acceptors (Lipinski definition) is 1. The predicted octanol–water partition coefficient (Wildman–Crippen LogP) is 3.12. The van der Waals surface area contributed by atoms with E-state index in [1.165, 1.54) is 19.3 Å². The highest BCUT2D eigenvalue weighted by Crippen LogP contribution is 2.43. The lowest BCUT2D eigenvalue weighted by atomic mass is 9.66. The quantitative estimate of drug-likeness (QED) is 0.591. The maximum absolute atomic E-state index is 9.22. The Morgan fingerprint density at radius 1 is 1.54 bits per heavy atom. The smallest absolute Gasteiger partial charge is 0.0692 e. The fourth-order valence-corrected chi connectivity index (χ4v) is 2.30. The molecule has 0 amide bonds. The summed E-state index contributed by atoms with van der Waals surface area (Å²) in [6.07, 6.45) is 11.6. The van der Waals surface area contributed by atoms with E-state index in [1.54, 1.807) is 0 Å². The standard InChI is InChI=1S/C12H17N/c1-3-4-8-12(10-13)9-6-5-7-11(12)2/h1,11H,4-9H2,2H3. The third-order valence-electron chi connectivity index (χ3n) is 3.39. The van der Waals surface area contributed by atoms with Gasteiger partial charge in [-0.1, -0.05) is 19.8 Å². The molecule has 0 heterocycles. The van der Waals surface area contributed by atoms with Crippen molar-refractivity contribution in [3.63, 3.8) is 0 Å². The van der Waals surface area contributed by atoms with Gasteiger partial charge in [-0.3, -0.25) is 0 Å². The first-order valence-corrected chi connectivity index (χ1v) is 5.10. The minimum absolute atomic E-state index is 0.107. The molecule has 0 aromatic rings. The molecule has 0 spiro atoms. The zero-order chi connectivity index (χ0) is 9.73. The Kier molecular flexibility index (Phi) is 3.38. The van der Waals surface area contributed by atoms with Gasteiger partial charge in [-0.2, -0.15) is 5.26 Å². The molecule has 0 saturated heterocycles. The fraction of sp³-hybridized carbons (Fsp3) is 0.750. The van der Waals surface area contributed by atoms with Crippen LogP contribution >= 0.6 is 0 Å². The minimum atomic E-state index is -0.107. The lowest BCUT2D eigenvalue weighted by Gasteiger charge is -2.36. The Bertz CT molecular complexity index is 243. The molecule has 1 heteroatoms. The minimum Gasteiger partial charge on any atom is -0.198 e. The number of nitrogens with zero attached hydrogens (tertiary/aromatic N) is 1. The Hall–Kier alpha value is -0.950. The third kappa shape index (κ3) is 2.04. The average Bonchev–Trinajstić information content (AvgIpc) is 2.17. The number of rotatable bonds is 2. The zero-order valence-corrected chi connectivity index (χ0v) is 8.34. The van der Waals surface area contributed by atoms with Crippen LogP contribution in [0.2, 0.25) is 0 Å². The summed E-state index contributed by atoms with van der Waals surface area (Å²) >= 11 is 0. The van der Waals surface area contributed by atoms with Gasteiger partial charge in [0.25, 0.3) is 0 Å². The summed E-state index contributed by atoms with van der Waals surface area (Å²) in [6, 6.07) is 2.51. The maximum atomic E-state index is 9.22. The molecule has 0 aromatic heterocycles. The van der Waals surface area contributed by atoms with E-state index in [-0.39, 0.29) is 5.41 Å². The lowest BCUT2D eigenvalue weighted by molar-refractivity contribution is 0.164. The van der Waals surface area contributed by atoms with E-state index in [9.17, 15) is 5.26 Å². The molecule has 0 aromatic carbocycles. The molecule has 1 aliphatic rings. The first-order valence-electron chi connectivity index (χ1n) is 5.10. The van der Waals surface area contributed by atoms with E-state index in [4.69, 9.17) is 6.42 Å². The van der Waals surface area contributed by atoms with Crippen molar-refractivity contribution in [3.05, 3.63) is 0 Å². The Balaban J connectivity index is 2.67. The van der Waals surface area contributed by atoms with Crippen LogP contribution in [0, 0.1) is 35.0 Å². The van der Waals surface area contributed by atoms with Crippen molar-refractivity contribution < 1.29 is 0 Å². The van der Waals surface area contributed by atoms with Crippen LogP contribution in [0.25, 0.3) is 0 Å². The number of hydrogen-bond donors (Lipinski definition) is 0. The van der Waals surface area contributed by atoms with Crippen molar-refractivity contribution in [2.24, 2.45) is 11.3 Å². The molecule has 1 nitrogen and oxygen atoms in total. The van der Waals surface area contributed by atoms with E-state index in [0.717, 1.165) is 19.3 Å². The molecule has 0 aliphatic heterocycles. The predicted molar refractivity (Wildman–Crippen MR) is 53.7 cm³/mol. The molecule has 1 rings (SSSR count). The molecule has 2 unspecified atom stereocenters. The monoisotopic (exact) mass is 175 g/mol. The second-order valence-electron chi connectivity index (χ2n) is 4.12. The highest BCUT2D eigenvalue weighted by atomic mass is 14.4. The highest BCUT2D eigenvalue weighted by Gasteiger charge is 2.37. The summed E-state index contributed by atoms with van der Waals surface area (Å²) in [7, 11) is 0. The molecule has 2 atom stereocenters. The summed E-state index contributed by atoms with van der Waals surface area (Å²) in [6.45, 7) is 2.19. The van der Waals surface area contributed by atoms with Crippen molar-refractivity contribution in [1.29, 1.82) is 5.26 Å². The molecule has 13 heavy (non-hydrogen) atoms. The van der Waals surface area contributed by atoms with Gasteiger partial charge in [0.05, 0.1) is 11.5 Å². The van der Waals surface area contributed by atoms with Crippen LogP contribution in [0.1, 0.15) is 45.4 Å². The summed E-state index contributed by atoms with van der Waals surface area (Å²) < 4.78 is 0. The van der Waals surface area contributed by atoms with E-state index in [1.807, 2.05) is 0 Å². The van der Waals surface area contributed by atoms with E-state index in [0.29, 0.717) is 5.92 Å². The largest absolute Gasteiger partial charge is 0.198 e. The Morgan fingerprint density at radius 3 is 2.85 bits per heavy atom. The van der Waals surface area contributed by atoms with Crippen LogP contribution in [0.3, 0.4) is 0 Å². The van der Waals surface area contributed by atoms with E-state index < -0.39 is 0 Å². The Labute approximate surface area is 81.1 Å². The van der Waals surface area contributed by atoms with Gasteiger partial charge in [-0.05, 0) is 25.2 Å². The second-order valence-corrected chi connectivity index (χ2v) is 4.12. The van der Waals surface area contributed by atoms with Crippen LogP contribution in [0.5, 0.6) is 0 Å². The first-order chi connectivity index (χ1) is 6.25. The first kappa shape index (κ1) is 10.1. The normalized spacial score (nSPS) is 33.3. The number of terminal acetylenes is 1. The van der Waals surface area contributed by atoms with Gasteiger partial charge in [-0.15, -0.1) is 12.3 Å². The molecule has 0 radical (unpaired) electrons. The van der Waals surface area contributed by atoms with Crippen molar-refractivity contribution in [1.82, 2.24) is 0 Å². The molecule has 0 N–H and O–H groups in total.